The fraction of sp³-hybridized carbons (Fsp3) is 0. The molecule has 1 fully saturated rings. The maximum atomic E-state index is 11.6. The third-order valence-corrected chi connectivity index (χ3v) is 3.53. The zero-order valence-corrected chi connectivity index (χ0v) is 12.6. The van der Waals surface area contributed by atoms with Crippen LogP contribution >= 0.6 is 12.2 Å². The van der Waals surface area contributed by atoms with Crippen molar-refractivity contribution in [1.82, 2.24) is 5.32 Å². The predicted octanol–water partition coefficient (Wildman–Crippen LogP) is 2.87. The lowest BCUT2D eigenvalue weighted by atomic mass is 9.98. The van der Waals surface area contributed by atoms with Crippen LogP contribution in [0.2, 0.25) is 0 Å². The van der Waals surface area contributed by atoms with Crippen LogP contribution in [0.3, 0.4) is 0 Å². The number of carboxylic acids is 1. The summed E-state index contributed by atoms with van der Waals surface area (Å²) < 4.78 is 5.02. The van der Waals surface area contributed by atoms with E-state index < -0.39 is 11.9 Å². The summed E-state index contributed by atoms with van der Waals surface area (Å²) in [4.78, 5) is 23.1. The highest BCUT2D eigenvalue weighted by Gasteiger charge is 2.22. The smallest absolute Gasteiger partial charge is 0.336 e. The Morgan fingerprint density at radius 1 is 1.22 bits per heavy atom. The van der Waals surface area contributed by atoms with E-state index in [2.05, 4.69) is 5.32 Å². The van der Waals surface area contributed by atoms with Crippen LogP contribution in [-0.2, 0) is 9.53 Å². The molecular weight excluding hydrogens is 314 g/mol. The second kappa shape index (κ2) is 6.02. The van der Waals surface area contributed by atoms with Gasteiger partial charge in [-0.05, 0) is 34.6 Å². The minimum absolute atomic E-state index is 0.00609. The number of carbonyl (C=O) groups excluding carboxylic acids is 1. The van der Waals surface area contributed by atoms with Crippen molar-refractivity contribution in [2.75, 3.05) is 0 Å². The molecule has 0 aliphatic carbocycles. The summed E-state index contributed by atoms with van der Waals surface area (Å²) in [5.41, 5.74) is 0.749. The molecule has 0 bridgehead atoms. The fourth-order valence-corrected chi connectivity index (χ4v) is 2.52. The molecular formula is C17H11NO4S. The number of allylic oxidation sites excluding steroid dienone is 2. The summed E-state index contributed by atoms with van der Waals surface area (Å²) in [6.07, 6.45) is 4.61. The van der Waals surface area contributed by atoms with E-state index >= 15 is 0 Å². The molecule has 0 saturated carbocycles. The first-order valence-electron chi connectivity index (χ1n) is 6.73. The molecule has 0 radical (unpaired) electrons. The first kappa shape index (κ1) is 14.9. The number of nitrogens with one attached hydrogen (secondary N) is 1. The SMILES string of the molecule is O=C1NC(=S)OC1=CC=Cc1ccc2ccccc2c1C(=O)O. The van der Waals surface area contributed by atoms with Crippen LogP contribution in [-0.4, -0.2) is 22.2 Å². The number of rotatable bonds is 3. The van der Waals surface area contributed by atoms with Gasteiger partial charge in [-0.2, -0.15) is 0 Å². The summed E-state index contributed by atoms with van der Waals surface area (Å²) in [7, 11) is 0. The summed E-state index contributed by atoms with van der Waals surface area (Å²) in [5.74, 6) is -1.36. The number of aromatic carboxylic acids is 1. The van der Waals surface area contributed by atoms with Gasteiger partial charge >= 0.3 is 5.97 Å². The van der Waals surface area contributed by atoms with Gasteiger partial charge in [0.25, 0.3) is 11.1 Å². The van der Waals surface area contributed by atoms with Crippen LogP contribution in [0.15, 0.2) is 54.3 Å². The van der Waals surface area contributed by atoms with Crippen LogP contribution in [0.1, 0.15) is 15.9 Å². The van der Waals surface area contributed by atoms with Crippen molar-refractivity contribution in [2.24, 2.45) is 0 Å². The van der Waals surface area contributed by atoms with E-state index in [1.807, 2.05) is 18.2 Å². The zero-order chi connectivity index (χ0) is 16.4. The molecule has 1 amide bonds. The number of carboxylic acid groups (broad SMARTS) is 1. The van der Waals surface area contributed by atoms with Crippen molar-refractivity contribution in [1.29, 1.82) is 0 Å². The fourth-order valence-electron chi connectivity index (χ4n) is 2.34. The monoisotopic (exact) mass is 325 g/mol. The van der Waals surface area contributed by atoms with Crippen molar-refractivity contribution in [3.8, 4) is 0 Å². The quantitative estimate of drug-likeness (QED) is 0.670. The van der Waals surface area contributed by atoms with Crippen molar-refractivity contribution in [3.05, 3.63) is 65.4 Å². The van der Waals surface area contributed by atoms with E-state index in [1.54, 1.807) is 30.4 Å². The molecule has 1 aliphatic rings. The highest BCUT2D eigenvalue weighted by Crippen LogP contribution is 2.23. The van der Waals surface area contributed by atoms with E-state index in [-0.39, 0.29) is 16.5 Å². The Balaban J connectivity index is 2.00. The molecule has 1 saturated heterocycles. The number of hydrogen-bond acceptors (Lipinski definition) is 4. The van der Waals surface area contributed by atoms with E-state index in [4.69, 9.17) is 17.0 Å². The Bertz CT molecular complexity index is 899. The minimum Gasteiger partial charge on any atom is -0.478 e. The Hall–Kier alpha value is -2.99. The van der Waals surface area contributed by atoms with Crippen LogP contribution in [0, 0.1) is 0 Å². The van der Waals surface area contributed by atoms with Crippen LogP contribution < -0.4 is 5.32 Å². The van der Waals surface area contributed by atoms with E-state index in [1.165, 1.54) is 6.08 Å². The standard InChI is InChI=1S/C17H11NO4S/c19-15-13(22-17(23)18-15)7-3-5-11-9-8-10-4-1-2-6-12(10)14(11)16(20)21/h1-9H,(H,20,21)(H,18,19,23). The third-order valence-electron chi connectivity index (χ3n) is 3.34. The summed E-state index contributed by atoms with van der Waals surface area (Å²) >= 11 is 4.73. The molecule has 1 aliphatic heterocycles. The predicted molar refractivity (Wildman–Crippen MR) is 89.9 cm³/mol. The van der Waals surface area contributed by atoms with Gasteiger partial charge < -0.3 is 9.84 Å². The average molecular weight is 325 g/mol. The van der Waals surface area contributed by atoms with Gasteiger partial charge in [-0.1, -0.05) is 48.6 Å². The molecule has 0 unspecified atom stereocenters. The van der Waals surface area contributed by atoms with Crippen molar-refractivity contribution >= 4 is 46.1 Å². The van der Waals surface area contributed by atoms with Crippen LogP contribution in [0.4, 0.5) is 0 Å². The van der Waals surface area contributed by atoms with Gasteiger partial charge in [-0.25, -0.2) is 4.79 Å². The summed E-state index contributed by atoms with van der Waals surface area (Å²) in [6.45, 7) is 0. The molecule has 3 rings (SSSR count). The largest absolute Gasteiger partial charge is 0.478 e. The van der Waals surface area contributed by atoms with Gasteiger partial charge in [0, 0.05) is 0 Å². The summed E-state index contributed by atoms with van der Waals surface area (Å²) in [6, 6.07) is 10.8. The van der Waals surface area contributed by atoms with Crippen LogP contribution in [0.25, 0.3) is 16.8 Å². The van der Waals surface area contributed by atoms with Gasteiger partial charge in [0.05, 0.1) is 5.56 Å². The molecule has 2 aromatic rings. The Kier molecular flexibility index (Phi) is 3.91. The zero-order valence-electron chi connectivity index (χ0n) is 11.8. The van der Waals surface area contributed by atoms with Crippen LogP contribution in [0.5, 0.6) is 0 Å². The highest BCUT2D eigenvalue weighted by atomic mass is 32.1. The normalized spacial score (nSPS) is 16.1. The molecule has 0 atom stereocenters. The van der Waals surface area contributed by atoms with E-state index in [0.717, 1.165) is 5.39 Å². The molecule has 6 heteroatoms. The number of amides is 1. The molecule has 2 aromatic carbocycles. The number of hydrogen-bond donors (Lipinski definition) is 2. The second-order valence-electron chi connectivity index (χ2n) is 4.79. The molecule has 23 heavy (non-hydrogen) atoms. The average Bonchev–Trinajstić information content (AvgIpc) is 2.84. The van der Waals surface area contributed by atoms with Crippen molar-refractivity contribution in [3.63, 3.8) is 0 Å². The van der Waals surface area contributed by atoms with E-state index in [9.17, 15) is 14.7 Å². The maximum absolute atomic E-state index is 11.6. The van der Waals surface area contributed by atoms with Crippen molar-refractivity contribution < 1.29 is 19.4 Å². The molecule has 114 valence electrons. The van der Waals surface area contributed by atoms with Gasteiger partial charge in [0.15, 0.2) is 5.76 Å². The third kappa shape index (κ3) is 2.97. The number of fused-ring (bicyclic) bond motifs is 1. The lowest BCUT2D eigenvalue weighted by Crippen LogP contribution is -2.18. The van der Waals surface area contributed by atoms with Gasteiger partial charge in [-0.3, -0.25) is 10.1 Å². The Morgan fingerprint density at radius 3 is 2.70 bits per heavy atom. The van der Waals surface area contributed by atoms with Gasteiger partial charge in [0.2, 0.25) is 0 Å². The Labute approximate surface area is 136 Å². The second-order valence-corrected chi connectivity index (χ2v) is 5.16. The number of ether oxygens (including phenoxy) is 1. The van der Waals surface area contributed by atoms with Crippen molar-refractivity contribution in [2.45, 2.75) is 0 Å². The molecule has 2 N–H and O–H groups in total. The van der Waals surface area contributed by atoms with Gasteiger partial charge in [-0.15, -0.1) is 0 Å². The highest BCUT2D eigenvalue weighted by molar-refractivity contribution is 7.80. The summed E-state index contributed by atoms with van der Waals surface area (Å²) in [5, 5.41) is 13.4. The molecule has 0 spiro atoms. The molecule has 5 nitrogen and oxygen atoms in total. The molecule has 1 heterocycles. The molecule has 0 aromatic heterocycles. The number of carbonyl (C=O) groups is 2. The number of benzene rings is 2. The lowest BCUT2D eigenvalue weighted by molar-refractivity contribution is -0.116. The van der Waals surface area contributed by atoms with E-state index in [0.29, 0.717) is 10.9 Å². The Morgan fingerprint density at radius 2 is 2.00 bits per heavy atom. The number of thiocarbonyl (C=S) groups is 1. The maximum Gasteiger partial charge on any atom is 0.336 e. The van der Waals surface area contributed by atoms with Gasteiger partial charge in [0.1, 0.15) is 0 Å². The first-order valence-corrected chi connectivity index (χ1v) is 7.13. The lowest BCUT2D eigenvalue weighted by Gasteiger charge is -2.06. The minimum atomic E-state index is -1.01. The first-order chi connectivity index (χ1) is 11.1. The topological polar surface area (TPSA) is 75.6 Å².